The minimum absolute atomic E-state index is 0.515. The topological polar surface area (TPSA) is 33.3 Å². The molecule has 2 aliphatic rings. The largest absolute Gasteiger partial charge is 0.385 e. The lowest BCUT2D eigenvalue weighted by Crippen LogP contribution is -2.42. The second kappa shape index (κ2) is 5.72. The van der Waals surface area contributed by atoms with Crippen molar-refractivity contribution in [2.24, 2.45) is 0 Å². The van der Waals surface area contributed by atoms with E-state index in [1.165, 1.54) is 24.9 Å². The number of morpholine rings is 1. The highest BCUT2D eigenvalue weighted by Gasteiger charge is 2.13. The van der Waals surface area contributed by atoms with Gasteiger partial charge in [-0.05, 0) is 48.9 Å². The lowest BCUT2D eigenvalue weighted by Gasteiger charge is -2.24. The van der Waals surface area contributed by atoms with Crippen LogP contribution < -0.4 is 10.6 Å². The summed E-state index contributed by atoms with van der Waals surface area (Å²) >= 11 is 0. The second-order valence-electron chi connectivity index (χ2n) is 5.28. The van der Waals surface area contributed by atoms with Crippen molar-refractivity contribution in [1.29, 1.82) is 0 Å². The van der Waals surface area contributed by atoms with E-state index in [9.17, 15) is 0 Å². The maximum absolute atomic E-state index is 5.46. The first-order valence-corrected chi connectivity index (χ1v) is 7.08. The Morgan fingerprint density at radius 2 is 2.22 bits per heavy atom. The highest BCUT2D eigenvalue weighted by Crippen LogP contribution is 2.24. The molecule has 0 bridgehead atoms. The van der Waals surface area contributed by atoms with Crippen LogP contribution in [0.2, 0.25) is 0 Å². The number of fused-ring (bicyclic) bond motifs is 1. The first-order valence-electron chi connectivity index (χ1n) is 7.08. The molecule has 1 heterocycles. The number of aryl methyl sites for hydroxylation is 2. The first kappa shape index (κ1) is 12.0. The van der Waals surface area contributed by atoms with Crippen molar-refractivity contribution in [3.05, 3.63) is 29.3 Å². The van der Waals surface area contributed by atoms with Crippen molar-refractivity contribution >= 4 is 5.69 Å². The van der Waals surface area contributed by atoms with E-state index in [-0.39, 0.29) is 0 Å². The van der Waals surface area contributed by atoms with E-state index in [1.807, 2.05) is 0 Å². The molecule has 1 unspecified atom stereocenters. The number of benzene rings is 1. The van der Waals surface area contributed by atoms with Crippen LogP contribution in [0.25, 0.3) is 0 Å². The Balaban J connectivity index is 1.48. The molecule has 18 heavy (non-hydrogen) atoms. The Bertz CT molecular complexity index is 399. The summed E-state index contributed by atoms with van der Waals surface area (Å²) in [5.41, 5.74) is 4.36. The lowest BCUT2D eigenvalue weighted by molar-refractivity contribution is 0.0753. The molecule has 0 amide bonds. The van der Waals surface area contributed by atoms with Crippen molar-refractivity contribution in [3.8, 4) is 0 Å². The number of hydrogen-bond donors (Lipinski definition) is 2. The van der Waals surface area contributed by atoms with Gasteiger partial charge in [0.15, 0.2) is 0 Å². The third-order valence-electron chi connectivity index (χ3n) is 3.92. The monoisotopic (exact) mass is 246 g/mol. The smallest absolute Gasteiger partial charge is 0.0620 e. The van der Waals surface area contributed by atoms with E-state index in [0.29, 0.717) is 6.04 Å². The zero-order valence-electron chi connectivity index (χ0n) is 10.9. The average molecular weight is 246 g/mol. The van der Waals surface area contributed by atoms with E-state index in [4.69, 9.17) is 4.74 Å². The third kappa shape index (κ3) is 2.85. The van der Waals surface area contributed by atoms with Crippen LogP contribution in [0.5, 0.6) is 0 Å². The number of hydrogen-bond acceptors (Lipinski definition) is 3. The van der Waals surface area contributed by atoms with Crippen LogP contribution in [0.4, 0.5) is 5.69 Å². The molecule has 1 aromatic rings. The van der Waals surface area contributed by atoms with Gasteiger partial charge < -0.3 is 15.4 Å². The van der Waals surface area contributed by atoms with Crippen molar-refractivity contribution in [2.75, 3.05) is 31.6 Å². The lowest BCUT2D eigenvalue weighted by atomic mass is 10.1. The van der Waals surface area contributed by atoms with Gasteiger partial charge in [-0.25, -0.2) is 0 Å². The molecule has 0 spiro atoms. The molecule has 1 atom stereocenters. The molecule has 1 aliphatic carbocycles. The van der Waals surface area contributed by atoms with Gasteiger partial charge in [0.2, 0.25) is 0 Å². The van der Waals surface area contributed by atoms with Crippen LogP contribution in [0.15, 0.2) is 18.2 Å². The van der Waals surface area contributed by atoms with Gasteiger partial charge in [0.05, 0.1) is 13.2 Å². The average Bonchev–Trinajstić information content (AvgIpc) is 2.87. The summed E-state index contributed by atoms with van der Waals surface area (Å²) in [5.74, 6) is 0. The fourth-order valence-corrected chi connectivity index (χ4v) is 2.88. The summed E-state index contributed by atoms with van der Waals surface area (Å²) in [6.45, 7) is 3.71. The van der Waals surface area contributed by atoms with E-state index < -0.39 is 0 Å². The fraction of sp³-hybridized carbons (Fsp3) is 0.600. The zero-order valence-corrected chi connectivity index (χ0v) is 10.9. The fourth-order valence-electron chi connectivity index (χ4n) is 2.88. The SMILES string of the molecule is c1cc2c(cc1NCCC1COCCN1)CCC2. The summed E-state index contributed by atoms with van der Waals surface area (Å²) in [5, 5.41) is 7.01. The molecule has 1 saturated heterocycles. The van der Waals surface area contributed by atoms with Gasteiger partial charge in [0, 0.05) is 24.8 Å². The van der Waals surface area contributed by atoms with Crippen LogP contribution >= 0.6 is 0 Å². The molecule has 2 N–H and O–H groups in total. The van der Waals surface area contributed by atoms with E-state index >= 15 is 0 Å². The van der Waals surface area contributed by atoms with Crippen LogP contribution in [0.1, 0.15) is 24.0 Å². The quantitative estimate of drug-likeness (QED) is 0.852. The summed E-state index contributed by atoms with van der Waals surface area (Å²) in [7, 11) is 0. The minimum atomic E-state index is 0.515. The number of ether oxygens (including phenoxy) is 1. The zero-order chi connectivity index (χ0) is 12.2. The predicted octanol–water partition coefficient (Wildman–Crippen LogP) is 1.97. The Morgan fingerprint density at radius 3 is 3.11 bits per heavy atom. The molecule has 0 aromatic heterocycles. The Hall–Kier alpha value is -1.06. The van der Waals surface area contributed by atoms with Gasteiger partial charge in [-0.2, -0.15) is 0 Å². The van der Waals surface area contributed by atoms with E-state index in [0.717, 1.165) is 32.7 Å². The Kier molecular flexibility index (Phi) is 3.81. The molecule has 3 rings (SSSR count). The summed E-state index contributed by atoms with van der Waals surface area (Å²) in [6, 6.07) is 7.34. The van der Waals surface area contributed by atoms with Gasteiger partial charge in [0.25, 0.3) is 0 Å². The van der Waals surface area contributed by atoms with Crippen molar-refractivity contribution in [3.63, 3.8) is 0 Å². The standard InChI is InChI=1S/C15H22N2O/c1-2-12-4-5-14(10-13(12)3-1)16-7-6-15-11-18-9-8-17-15/h4-5,10,15-17H,1-3,6-9,11H2. The number of anilines is 1. The molecular formula is C15H22N2O. The normalized spacial score (nSPS) is 22.8. The molecule has 0 saturated carbocycles. The maximum atomic E-state index is 5.46. The van der Waals surface area contributed by atoms with Crippen LogP contribution in [-0.2, 0) is 17.6 Å². The molecule has 3 heteroatoms. The predicted molar refractivity (Wildman–Crippen MR) is 74.2 cm³/mol. The van der Waals surface area contributed by atoms with Crippen LogP contribution in [-0.4, -0.2) is 32.3 Å². The van der Waals surface area contributed by atoms with Gasteiger partial charge in [-0.1, -0.05) is 6.07 Å². The molecule has 1 aromatic carbocycles. The first-order chi connectivity index (χ1) is 8.92. The van der Waals surface area contributed by atoms with E-state index in [2.05, 4.69) is 28.8 Å². The van der Waals surface area contributed by atoms with Crippen molar-refractivity contribution in [1.82, 2.24) is 5.32 Å². The Morgan fingerprint density at radius 1 is 1.28 bits per heavy atom. The summed E-state index contributed by atoms with van der Waals surface area (Å²) in [6.07, 6.45) is 4.96. The number of nitrogens with one attached hydrogen (secondary N) is 2. The van der Waals surface area contributed by atoms with Gasteiger partial charge in [0.1, 0.15) is 0 Å². The highest BCUT2D eigenvalue weighted by molar-refractivity contribution is 5.50. The molecule has 1 fully saturated rings. The minimum Gasteiger partial charge on any atom is -0.385 e. The Labute approximate surface area is 109 Å². The van der Waals surface area contributed by atoms with Gasteiger partial charge in [-0.15, -0.1) is 0 Å². The highest BCUT2D eigenvalue weighted by atomic mass is 16.5. The van der Waals surface area contributed by atoms with E-state index in [1.54, 1.807) is 11.1 Å². The molecule has 1 aliphatic heterocycles. The van der Waals surface area contributed by atoms with Crippen molar-refractivity contribution in [2.45, 2.75) is 31.7 Å². The third-order valence-corrected chi connectivity index (χ3v) is 3.92. The van der Waals surface area contributed by atoms with Crippen molar-refractivity contribution < 1.29 is 4.74 Å². The molecule has 3 nitrogen and oxygen atoms in total. The van der Waals surface area contributed by atoms with Crippen LogP contribution in [0.3, 0.4) is 0 Å². The summed E-state index contributed by atoms with van der Waals surface area (Å²) in [4.78, 5) is 0. The maximum Gasteiger partial charge on any atom is 0.0620 e. The molecular weight excluding hydrogens is 224 g/mol. The number of rotatable bonds is 4. The van der Waals surface area contributed by atoms with Crippen LogP contribution in [0, 0.1) is 0 Å². The molecule has 98 valence electrons. The van der Waals surface area contributed by atoms with Gasteiger partial charge in [-0.3, -0.25) is 0 Å². The molecule has 0 radical (unpaired) electrons. The second-order valence-corrected chi connectivity index (χ2v) is 5.28. The van der Waals surface area contributed by atoms with Gasteiger partial charge >= 0.3 is 0 Å². The summed E-state index contributed by atoms with van der Waals surface area (Å²) < 4.78 is 5.46.